The van der Waals surface area contributed by atoms with Gasteiger partial charge in [0.15, 0.2) is 0 Å². The van der Waals surface area contributed by atoms with E-state index in [4.69, 9.17) is 9.47 Å². The molecule has 1 fully saturated rings. The molecule has 1 aromatic carbocycles. The number of rotatable bonds is 4. The van der Waals surface area contributed by atoms with Crippen LogP contribution in [0.2, 0.25) is 0 Å². The second kappa shape index (κ2) is 6.46. The van der Waals surface area contributed by atoms with Crippen LogP contribution in [0.5, 0.6) is 5.75 Å². The summed E-state index contributed by atoms with van der Waals surface area (Å²) < 4.78 is 11.5. The van der Waals surface area contributed by atoms with Crippen LogP contribution in [-0.2, 0) is 4.74 Å². The smallest absolute Gasteiger partial charge is 0.142 e. The average Bonchev–Trinajstić information content (AvgIpc) is 2.80. The number of fused-ring (bicyclic) bond motifs is 1. The Labute approximate surface area is 121 Å². The lowest BCUT2D eigenvalue weighted by molar-refractivity contribution is 0.183. The first kappa shape index (κ1) is 13.7. The lowest BCUT2D eigenvalue weighted by atomic mass is 10.0. The predicted octanol–water partition coefficient (Wildman–Crippen LogP) is 1.90. The van der Waals surface area contributed by atoms with E-state index in [9.17, 15) is 0 Å². The molecule has 0 bridgehead atoms. The molecule has 0 radical (unpaired) electrons. The highest BCUT2D eigenvalue weighted by Gasteiger charge is 2.30. The zero-order valence-corrected chi connectivity index (χ0v) is 12.2. The van der Waals surface area contributed by atoms with Crippen molar-refractivity contribution in [2.45, 2.75) is 19.4 Å². The van der Waals surface area contributed by atoms with E-state index in [0.29, 0.717) is 12.0 Å². The van der Waals surface area contributed by atoms with Crippen molar-refractivity contribution in [1.29, 1.82) is 0 Å². The molecule has 1 aromatic rings. The van der Waals surface area contributed by atoms with Crippen LogP contribution in [0.4, 0.5) is 5.69 Å². The fourth-order valence-corrected chi connectivity index (χ4v) is 3.14. The number of hydrogen-bond donors (Lipinski definition) is 1. The fourth-order valence-electron chi connectivity index (χ4n) is 3.14. The molecule has 0 aliphatic carbocycles. The van der Waals surface area contributed by atoms with Gasteiger partial charge in [0.2, 0.25) is 0 Å². The Morgan fingerprint density at radius 1 is 1.30 bits per heavy atom. The molecular formula is C16H24N2O2. The van der Waals surface area contributed by atoms with Crippen LogP contribution in [0, 0.1) is 5.92 Å². The van der Waals surface area contributed by atoms with E-state index in [2.05, 4.69) is 35.3 Å². The van der Waals surface area contributed by atoms with Crippen molar-refractivity contribution in [3.8, 4) is 5.75 Å². The zero-order chi connectivity index (χ0) is 13.8. The molecule has 2 unspecified atom stereocenters. The van der Waals surface area contributed by atoms with Crippen LogP contribution >= 0.6 is 0 Å². The maximum atomic E-state index is 5.83. The number of anilines is 1. The molecule has 2 aliphatic rings. The van der Waals surface area contributed by atoms with Crippen molar-refractivity contribution < 1.29 is 9.47 Å². The van der Waals surface area contributed by atoms with Crippen molar-refractivity contribution in [2.75, 3.05) is 44.4 Å². The largest absolute Gasteiger partial charge is 0.491 e. The summed E-state index contributed by atoms with van der Waals surface area (Å²) in [5, 5.41) is 3.54. The zero-order valence-electron chi connectivity index (χ0n) is 12.2. The molecule has 4 heteroatoms. The molecule has 1 N–H and O–H groups in total. The molecule has 0 amide bonds. The summed E-state index contributed by atoms with van der Waals surface area (Å²) in [6.07, 6.45) is 1.08. The normalized spacial score (nSPS) is 25.9. The van der Waals surface area contributed by atoms with Crippen LogP contribution in [0.3, 0.4) is 0 Å². The first-order chi connectivity index (χ1) is 9.88. The molecule has 20 heavy (non-hydrogen) atoms. The summed E-state index contributed by atoms with van der Waals surface area (Å²) in [4.78, 5) is 2.46. The minimum atomic E-state index is 0.483. The number of likely N-dealkylation sites (N-methyl/N-ethyl adjacent to an activating group) is 1. The molecule has 2 aliphatic heterocycles. The van der Waals surface area contributed by atoms with Gasteiger partial charge in [-0.1, -0.05) is 19.1 Å². The van der Waals surface area contributed by atoms with Gasteiger partial charge in [-0.25, -0.2) is 0 Å². The summed E-state index contributed by atoms with van der Waals surface area (Å²) in [6, 6.07) is 8.85. The average molecular weight is 276 g/mol. The molecule has 1 saturated heterocycles. The number of nitrogens with one attached hydrogen (secondary N) is 1. The van der Waals surface area contributed by atoms with Gasteiger partial charge in [0.05, 0.1) is 25.5 Å². The van der Waals surface area contributed by atoms with Gasteiger partial charge in [0.1, 0.15) is 5.75 Å². The Balaban J connectivity index is 1.73. The SMILES string of the molecule is CCNC1COCC1CN1CCCOc2ccccc21. The summed E-state index contributed by atoms with van der Waals surface area (Å²) in [7, 11) is 0. The van der Waals surface area contributed by atoms with Crippen LogP contribution in [0.1, 0.15) is 13.3 Å². The summed E-state index contributed by atoms with van der Waals surface area (Å²) in [5.74, 6) is 1.57. The molecule has 0 aromatic heterocycles. The molecule has 4 nitrogen and oxygen atoms in total. The maximum Gasteiger partial charge on any atom is 0.142 e. The van der Waals surface area contributed by atoms with Gasteiger partial charge >= 0.3 is 0 Å². The molecule has 3 rings (SSSR count). The standard InChI is InChI=1S/C16H24N2O2/c1-2-17-14-12-19-11-13(14)10-18-8-5-9-20-16-7-4-3-6-15(16)18/h3-4,6-7,13-14,17H,2,5,8-12H2,1H3. The van der Waals surface area contributed by atoms with Crippen molar-refractivity contribution in [3.05, 3.63) is 24.3 Å². The molecule has 110 valence electrons. The number of hydrogen-bond acceptors (Lipinski definition) is 4. The van der Waals surface area contributed by atoms with Crippen molar-refractivity contribution in [1.82, 2.24) is 5.32 Å². The molecule has 0 spiro atoms. The van der Waals surface area contributed by atoms with Gasteiger partial charge < -0.3 is 19.7 Å². The van der Waals surface area contributed by atoms with E-state index >= 15 is 0 Å². The highest BCUT2D eigenvalue weighted by Crippen LogP contribution is 2.31. The third kappa shape index (κ3) is 2.91. The van der Waals surface area contributed by atoms with Gasteiger partial charge in [-0.05, 0) is 25.1 Å². The first-order valence-corrected chi connectivity index (χ1v) is 7.66. The summed E-state index contributed by atoms with van der Waals surface area (Å²) >= 11 is 0. The van der Waals surface area contributed by atoms with E-state index in [0.717, 1.165) is 51.6 Å². The topological polar surface area (TPSA) is 33.7 Å². The van der Waals surface area contributed by atoms with Gasteiger partial charge in [0, 0.05) is 25.0 Å². The number of benzene rings is 1. The Hall–Kier alpha value is -1.26. The van der Waals surface area contributed by atoms with Crippen LogP contribution < -0.4 is 15.0 Å². The molecule has 2 atom stereocenters. The second-order valence-corrected chi connectivity index (χ2v) is 5.58. The summed E-state index contributed by atoms with van der Waals surface area (Å²) in [5.41, 5.74) is 1.23. The van der Waals surface area contributed by atoms with E-state index < -0.39 is 0 Å². The lowest BCUT2D eigenvalue weighted by Gasteiger charge is -2.29. The number of para-hydroxylation sites is 2. The highest BCUT2D eigenvalue weighted by atomic mass is 16.5. The van der Waals surface area contributed by atoms with Crippen LogP contribution in [0.25, 0.3) is 0 Å². The van der Waals surface area contributed by atoms with E-state index in [1.54, 1.807) is 0 Å². The van der Waals surface area contributed by atoms with Crippen LogP contribution in [-0.4, -0.2) is 45.5 Å². The predicted molar refractivity (Wildman–Crippen MR) is 80.5 cm³/mol. The maximum absolute atomic E-state index is 5.83. The van der Waals surface area contributed by atoms with E-state index in [-0.39, 0.29) is 0 Å². The summed E-state index contributed by atoms with van der Waals surface area (Å²) in [6.45, 7) is 7.77. The fraction of sp³-hybridized carbons (Fsp3) is 0.625. The monoisotopic (exact) mass is 276 g/mol. The van der Waals surface area contributed by atoms with Crippen molar-refractivity contribution in [2.24, 2.45) is 5.92 Å². The van der Waals surface area contributed by atoms with Crippen molar-refractivity contribution in [3.63, 3.8) is 0 Å². The Morgan fingerprint density at radius 3 is 3.10 bits per heavy atom. The van der Waals surface area contributed by atoms with E-state index in [1.807, 2.05) is 6.07 Å². The Morgan fingerprint density at radius 2 is 2.20 bits per heavy atom. The Kier molecular flexibility index (Phi) is 4.43. The molecule has 2 heterocycles. The van der Waals surface area contributed by atoms with Gasteiger partial charge in [-0.15, -0.1) is 0 Å². The van der Waals surface area contributed by atoms with Crippen molar-refractivity contribution >= 4 is 5.69 Å². The minimum absolute atomic E-state index is 0.483. The first-order valence-electron chi connectivity index (χ1n) is 7.66. The second-order valence-electron chi connectivity index (χ2n) is 5.58. The number of nitrogens with zero attached hydrogens (tertiary/aromatic N) is 1. The third-order valence-corrected chi connectivity index (χ3v) is 4.16. The van der Waals surface area contributed by atoms with Gasteiger partial charge in [-0.2, -0.15) is 0 Å². The Bertz CT molecular complexity index is 438. The number of ether oxygens (including phenoxy) is 2. The van der Waals surface area contributed by atoms with Gasteiger partial charge in [-0.3, -0.25) is 0 Å². The minimum Gasteiger partial charge on any atom is -0.491 e. The highest BCUT2D eigenvalue weighted by molar-refractivity contribution is 5.59. The van der Waals surface area contributed by atoms with E-state index in [1.165, 1.54) is 5.69 Å². The van der Waals surface area contributed by atoms with Gasteiger partial charge in [0.25, 0.3) is 0 Å². The molecule has 0 saturated carbocycles. The quantitative estimate of drug-likeness (QED) is 0.911. The molecular weight excluding hydrogens is 252 g/mol. The van der Waals surface area contributed by atoms with Crippen LogP contribution in [0.15, 0.2) is 24.3 Å². The third-order valence-electron chi connectivity index (χ3n) is 4.16. The lowest BCUT2D eigenvalue weighted by Crippen LogP contribution is -2.42.